The quantitative estimate of drug-likeness (QED) is 0.721. The first-order chi connectivity index (χ1) is 12.1. The molecule has 4 rings (SSSR count). The van der Waals surface area contributed by atoms with Crippen LogP contribution in [0.15, 0.2) is 59.6 Å². The predicted molar refractivity (Wildman–Crippen MR) is 96.5 cm³/mol. The SMILES string of the molecule is O=C1NC(=O)C(=Cc2cn(Cc3cccc(F)c3)c3ccccc23)S1. The van der Waals surface area contributed by atoms with Gasteiger partial charge in [0, 0.05) is 29.2 Å². The van der Waals surface area contributed by atoms with Crippen molar-refractivity contribution in [2.45, 2.75) is 6.54 Å². The number of nitrogens with one attached hydrogen (secondary N) is 1. The Balaban J connectivity index is 1.78. The van der Waals surface area contributed by atoms with Crippen molar-refractivity contribution >= 4 is 39.9 Å². The Morgan fingerprint density at radius 2 is 1.96 bits per heavy atom. The van der Waals surface area contributed by atoms with Crippen LogP contribution in [-0.4, -0.2) is 15.7 Å². The van der Waals surface area contributed by atoms with Gasteiger partial charge in [-0.2, -0.15) is 0 Å². The maximum absolute atomic E-state index is 13.4. The third-order valence-electron chi connectivity index (χ3n) is 3.99. The molecule has 0 atom stereocenters. The van der Waals surface area contributed by atoms with Crippen molar-refractivity contribution in [3.05, 3.63) is 76.6 Å². The monoisotopic (exact) mass is 352 g/mol. The van der Waals surface area contributed by atoms with Gasteiger partial charge < -0.3 is 4.57 Å². The average molecular weight is 352 g/mol. The molecule has 2 amide bonds. The molecule has 3 aromatic rings. The Morgan fingerprint density at radius 3 is 2.72 bits per heavy atom. The van der Waals surface area contributed by atoms with Gasteiger partial charge in [0.1, 0.15) is 5.82 Å². The van der Waals surface area contributed by atoms with E-state index in [0.717, 1.165) is 33.8 Å². The molecule has 1 aliphatic rings. The minimum absolute atomic E-state index is 0.270. The van der Waals surface area contributed by atoms with E-state index in [4.69, 9.17) is 0 Å². The summed E-state index contributed by atoms with van der Waals surface area (Å²) in [4.78, 5) is 23.5. The summed E-state index contributed by atoms with van der Waals surface area (Å²) in [6.45, 7) is 0.514. The van der Waals surface area contributed by atoms with Crippen LogP contribution in [0.5, 0.6) is 0 Å². The molecule has 6 heteroatoms. The number of hydrogen-bond donors (Lipinski definition) is 1. The van der Waals surface area contributed by atoms with E-state index in [1.54, 1.807) is 12.1 Å². The van der Waals surface area contributed by atoms with Gasteiger partial charge in [0.2, 0.25) is 0 Å². The second-order valence-electron chi connectivity index (χ2n) is 5.71. The fourth-order valence-electron chi connectivity index (χ4n) is 2.92. The summed E-state index contributed by atoms with van der Waals surface area (Å²) in [5.74, 6) is -0.647. The maximum Gasteiger partial charge on any atom is 0.290 e. The third kappa shape index (κ3) is 3.08. The molecule has 1 N–H and O–H groups in total. The zero-order chi connectivity index (χ0) is 17.4. The molecule has 0 aliphatic carbocycles. The highest BCUT2D eigenvalue weighted by molar-refractivity contribution is 8.18. The van der Waals surface area contributed by atoms with Crippen LogP contribution in [-0.2, 0) is 11.3 Å². The maximum atomic E-state index is 13.4. The molecule has 1 aliphatic heterocycles. The molecule has 0 saturated carbocycles. The van der Waals surface area contributed by atoms with Gasteiger partial charge >= 0.3 is 0 Å². The number of rotatable bonds is 3. The summed E-state index contributed by atoms with van der Waals surface area (Å²) in [6.07, 6.45) is 3.63. The number of carbonyl (C=O) groups is 2. The van der Waals surface area contributed by atoms with E-state index in [-0.39, 0.29) is 17.0 Å². The molecule has 124 valence electrons. The Hall–Kier alpha value is -2.86. The van der Waals surface area contributed by atoms with Crippen LogP contribution >= 0.6 is 11.8 Å². The Kier molecular flexibility index (Phi) is 3.89. The van der Waals surface area contributed by atoms with Crippen LogP contribution < -0.4 is 5.32 Å². The smallest absolute Gasteiger partial charge is 0.290 e. The normalized spacial score (nSPS) is 16.0. The molecule has 2 heterocycles. The molecule has 0 radical (unpaired) electrons. The number of imide groups is 1. The second-order valence-corrected chi connectivity index (χ2v) is 6.73. The summed E-state index contributed by atoms with van der Waals surface area (Å²) in [7, 11) is 0. The third-order valence-corrected chi connectivity index (χ3v) is 4.80. The van der Waals surface area contributed by atoms with Crippen LogP contribution in [0.2, 0.25) is 0 Å². The van der Waals surface area contributed by atoms with Gasteiger partial charge in [-0.3, -0.25) is 14.9 Å². The number of aromatic nitrogens is 1. The number of carbonyl (C=O) groups excluding carboxylic acids is 2. The van der Waals surface area contributed by atoms with Crippen molar-refractivity contribution in [3.63, 3.8) is 0 Å². The fraction of sp³-hybridized carbons (Fsp3) is 0.0526. The van der Waals surface area contributed by atoms with Crippen molar-refractivity contribution in [1.29, 1.82) is 0 Å². The molecule has 2 aromatic carbocycles. The van der Waals surface area contributed by atoms with Gasteiger partial charge in [0.05, 0.1) is 4.91 Å². The zero-order valence-corrected chi connectivity index (χ0v) is 13.8. The fourth-order valence-corrected chi connectivity index (χ4v) is 3.59. The molecule has 0 spiro atoms. The number of nitrogens with zero attached hydrogens (tertiary/aromatic N) is 1. The number of thioether (sulfide) groups is 1. The van der Waals surface area contributed by atoms with Crippen LogP contribution in [0.25, 0.3) is 17.0 Å². The Labute approximate surface area is 147 Å². The number of para-hydroxylation sites is 1. The summed E-state index contributed by atoms with van der Waals surface area (Å²) < 4.78 is 15.5. The lowest BCUT2D eigenvalue weighted by Gasteiger charge is -2.05. The van der Waals surface area contributed by atoms with Crippen molar-refractivity contribution < 1.29 is 14.0 Å². The Morgan fingerprint density at radius 1 is 1.12 bits per heavy atom. The van der Waals surface area contributed by atoms with E-state index < -0.39 is 0 Å². The van der Waals surface area contributed by atoms with Crippen LogP contribution in [0, 0.1) is 5.82 Å². The van der Waals surface area contributed by atoms with Crippen molar-refractivity contribution in [2.75, 3.05) is 0 Å². The second kappa shape index (κ2) is 6.22. The lowest BCUT2D eigenvalue weighted by atomic mass is 10.1. The number of amides is 2. The molecule has 0 bridgehead atoms. The van der Waals surface area contributed by atoms with E-state index >= 15 is 0 Å². The predicted octanol–water partition coefficient (Wildman–Crippen LogP) is 4.15. The van der Waals surface area contributed by atoms with E-state index in [2.05, 4.69) is 5.32 Å². The zero-order valence-electron chi connectivity index (χ0n) is 13.0. The lowest BCUT2D eigenvalue weighted by Crippen LogP contribution is -2.17. The molecule has 1 saturated heterocycles. The van der Waals surface area contributed by atoms with E-state index in [0.29, 0.717) is 11.4 Å². The van der Waals surface area contributed by atoms with Crippen molar-refractivity contribution in [3.8, 4) is 0 Å². The summed E-state index contributed by atoms with van der Waals surface area (Å²) in [5, 5.41) is 2.87. The minimum atomic E-state index is -0.378. The number of hydrogen-bond acceptors (Lipinski definition) is 3. The summed E-state index contributed by atoms with van der Waals surface area (Å²) in [6, 6.07) is 14.3. The average Bonchev–Trinajstić information content (AvgIpc) is 3.08. The van der Waals surface area contributed by atoms with Gasteiger partial charge in [-0.1, -0.05) is 30.3 Å². The van der Waals surface area contributed by atoms with Crippen LogP contribution in [0.3, 0.4) is 0 Å². The highest BCUT2D eigenvalue weighted by atomic mass is 32.2. The molecular formula is C19H13FN2O2S. The van der Waals surface area contributed by atoms with Crippen LogP contribution in [0.1, 0.15) is 11.1 Å². The van der Waals surface area contributed by atoms with Gasteiger partial charge in [-0.15, -0.1) is 0 Å². The van der Waals surface area contributed by atoms with Crippen molar-refractivity contribution in [2.24, 2.45) is 0 Å². The Bertz CT molecular complexity index is 1040. The highest BCUT2D eigenvalue weighted by Crippen LogP contribution is 2.30. The largest absolute Gasteiger partial charge is 0.342 e. The first-order valence-corrected chi connectivity index (χ1v) is 8.49. The number of halogens is 1. The molecule has 1 fully saturated rings. The first kappa shape index (κ1) is 15.7. The van der Waals surface area contributed by atoms with E-state index in [9.17, 15) is 14.0 Å². The topological polar surface area (TPSA) is 51.1 Å². The van der Waals surface area contributed by atoms with E-state index in [1.807, 2.05) is 41.1 Å². The lowest BCUT2D eigenvalue weighted by molar-refractivity contribution is -0.115. The molecular weight excluding hydrogens is 339 g/mol. The number of fused-ring (bicyclic) bond motifs is 1. The molecule has 1 aromatic heterocycles. The van der Waals surface area contributed by atoms with Gasteiger partial charge in [-0.05, 0) is 41.6 Å². The van der Waals surface area contributed by atoms with E-state index in [1.165, 1.54) is 12.1 Å². The minimum Gasteiger partial charge on any atom is -0.342 e. The van der Waals surface area contributed by atoms with Gasteiger partial charge in [0.25, 0.3) is 11.1 Å². The van der Waals surface area contributed by atoms with Crippen molar-refractivity contribution in [1.82, 2.24) is 9.88 Å². The summed E-state index contributed by atoms with van der Waals surface area (Å²) >= 11 is 0.895. The standard InChI is InChI=1S/C19H13FN2O2S/c20-14-5-3-4-12(8-14)10-22-11-13(15-6-1-2-7-16(15)22)9-17-18(23)21-19(24)25-17/h1-9,11H,10H2,(H,21,23,24). The van der Waals surface area contributed by atoms with Gasteiger partial charge in [-0.25, -0.2) is 4.39 Å². The molecule has 4 nitrogen and oxygen atoms in total. The molecule has 0 unspecified atom stereocenters. The van der Waals surface area contributed by atoms with Crippen LogP contribution in [0.4, 0.5) is 9.18 Å². The summed E-state index contributed by atoms with van der Waals surface area (Å²) in [5.41, 5.74) is 2.68. The number of benzene rings is 2. The highest BCUT2D eigenvalue weighted by Gasteiger charge is 2.25. The van der Waals surface area contributed by atoms with Gasteiger partial charge in [0.15, 0.2) is 0 Å². The first-order valence-electron chi connectivity index (χ1n) is 7.67. The molecule has 25 heavy (non-hydrogen) atoms.